The summed E-state index contributed by atoms with van der Waals surface area (Å²) in [6.07, 6.45) is 9.61. The SMILES string of the molecule is CCCC[C@@H]1CCCC(=C\c2ccccc2)/C1=N/OCCN(C(C)C)C(C)C. The molecule has 1 fully saturated rings. The number of hydrogen-bond donors (Lipinski definition) is 0. The van der Waals surface area contributed by atoms with Gasteiger partial charge in [-0.25, -0.2) is 0 Å². The van der Waals surface area contributed by atoms with Gasteiger partial charge in [0.05, 0.1) is 5.71 Å². The topological polar surface area (TPSA) is 24.8 Å². The molecule has 156 valence electrons. The van der Waals surface area contributed by atoms with E-state index in [1.54, 1.807) is 0 Å². The molecule has 0 spiro atoms. The zero-order valence-electron chi connectivity index (χ0n) is 18.7. The van der Waals surface area contributed by atoms with Crippen molar-refractivity contribution in [3.05, 3.63) is 41.5 Å². The van der Waals surface area contributed by atoms with E-state index in [1.807, 2.05) is 0 Å². The van der Waals surface area contributed by atoms with Crippen LogP contribution in [0.1, 0.15) is 78.7 Å². The molecule has 0 saturated heterocycles. The Hall–Kier alpha value is -1.61. The number of nitrogens with zero attached hydrogens (tertiary/aromatic N) is 2. The molecule has 3 heteroatoms. The second-order valence-corrected chi connectivity index (χ2v) is 8.55. The third kappa shape index (κ3) is 7.09. The van der Waals surface area contributed by atoms with Crippen LogP contribution in [0.2, 0.25) is 0 Å². The average molecular weight is 385 g/mol. The van der Waals surface area contributed by atoms with Crippen molar-refractivity contribution in [3.63, 3.8) is 0 Å². The highest BCUT2D eigenvalue weighted by molar-refractivity contribution is 6.05. The van der Waals surface area contributed by atoms with Crippen LogP contribution >= 0.6 is 0 Å². The summed E-state index contributed by atoms with van der Waals surface area (Å²) in [7, 11) is 0. The first-order valence-corrected chi connectivity index (χ1v) is 11.2. The van der Waals surface area contributed by atoms with E-state index in [9.17, 15) is 0 Å². The van der Waals surface area contributed by atoms with Crippen LogP contribution in [0.15, 0.2) is 41.1 Å². The minimum Gasteiger partial charge on any atom is -0.394 e. The van der Waals surface area contributed by atoms with Gasteiger partial charge >= 0.3 is 0 Å². The smallest absolute Gasteiger partial charge is 0.129 e. The lowest BCUT2D eigenvalue weighted by Gasteiger charge is -2.30. The maximum absolute atomic E-state index is 5.89. The van der Waals surface area contributed by atoms with Crippen LogP contribution in [-0.2, 0) is 4.84 Å². The Labute approximate surface area is 172 Å². The fourth-order valence-corrected chi connectivity index (χ4v) is 4.20. The Morgan fingerprint density at radius 1 is 1.14 bits per heavy atom. The highest BCUT2D eigenvalue weighted by atomic mass is 16.6. The molecule has 1 aliphatic carbocycles. The Morgan fingerprint density at radius 2 is 1.86 bits per heavy atom. The lowest BCUT2D eigenvalue weighted by Crippen LogP contribution is -2.39. The summed E-state index contributed by atoms with van der Waals surface area (Å²) in [4.78, 5) is 8.34. The zero-order chi connectivity index (χ0) is 20.4. The first-order chi connectivity index (χ1) is 13.5. The van der Waals surface area contributed by atoms with E-state index in [2.05, 4.69) is 75.9 Å². The fraction of sp³-hybridized carbons (Fsp3) is 0.640. The Kier molecular flexibility index (Phi) is 9.77. The van der Waals surface area contributed by atoms with E-state index in [1.165, 1.54) is 49.0 Å². The first-order valence-electron chi connectivity index (χ1n) is 11.2. The monoisotopic (exact) mass is 384 g/mol. The lowest BCUT2D eigenvalue weighted by molar-refractivity contribution is 0.0818. The molecule has 0 amide bonds. The Bertz CT molecular complexity index is 611. The van der Waals surface area contributed by atoms with Gasteiger partial charge in [0.25, 0.3) is 0 Å². The van der Waals surface area contributed by atoms with E-state index >= 15 is 0 Å². The number of hydrogen-bond acceptors (Lipinski definition) is 3. The summed E-state index contributed by atoms with van der Waals surface area (Å²) in [6, 6.07) is 11.7. The molecule has 0 N–H and O–H groups in total. The Morgan fingerprint density at radius 3 is 2.50 bits per heavy atom. The normalized spacial score (nSPS) is 20.6. The average Bonchev–Trinajstić information content (AvgIpc) is 2.67. The van der Waals surface area contributed by atoms with Crippen LogP contribution in [0.4, 0.5) is 0 Å². The van der Waals surface area contributed by atoms with Gasteiger partial charge in [-0.1, -0.05) is 55.3 Å². The van der Waals surface area contributed by atoms with Crippen LogP contribution in [0, 0.1) is 5.92 Å². The highest BCUT2D eigenvalue weighted by Gasteiger charge is 2.25. The molecule has 0 bridgehead atoms. The van der Waals surface area contributed by atoms with Crippen LogP contribution < -0.4 is 0 Å². The standard InChI is InChI=1S/C25H40N2O/c1-6-7-14-23-15-11-16-24(19-22-12-9-8-10-13-22)25(23)26-28-18-17-27(20(2)3)21(4)5/h8-10,12-13,19-21,23H,6-7,11,14-18H2,1-5H3/b24-19+,26-25+/t23-/m1/s1. The molecule has 0 radical (unpaired) electrons. The summed E-state index contributed by atoms with van der Waals surface area (Å²) in [5.74, 6) is 0.537. The number of allylic oxidation sites excluding steroid dienone is 1. The van der Waals surface area contributed by atoms with Gasteiger partial charge in [0, 0.05) is 24.5 Å². The predicted molar refractivity (Wildman–Crippen MR) is 122 cm³/mol. The minimum absolute atomic E-state index is 0.525. The van der Waals surface area contributed by atoms with Gasteiger partial charge in [0.15, 0.2) is 0 Å². The van der Waals surface area contributed by atoms with E-state index in [-0.39, 0.29) is 0 Å². The van der Waals surface area contributed by atoms with E-state index in [4.69, 9.17) is 9.99 Å². The van der Waals surface area contributed by atoms with Gasteiger partial charge in [0.2, 0.25) is 0 Å². The third-order valence-corrected chi connectivity index (χ3v) is 5.69. The lowest BCUT2D eigenvalue weighted by atomic mass is 9.80. The molecule has 0 unspecified atom stereocenters. The molecule has 28 heavy (non-hydrogen) atoms. The van der Waals surface area contributed by atoms with Crippen molar-refractivity contribution in [2.45, 2.75) is 85.2 Å². The first kappa shape index (κ1) is 22.7. The van der Waals surface area contributed by atoms with Crippen molar-refractivity contribution in [2.75, 3.05) is 13.2 Å². The number of rotatable bonds is 10. The molecule has 1 saturated carbocycles. The molecule has 1 atom stereocenters. The van der Waals surface area contributed by atoms with Crippen molar-refractivity contribution in [1.82, 2.24) is 4.90 Å². The van der Waals surface area contributed by atoms with Crippen LogP contribution in [0.3, 0.4) is 0 Å². The summed E-state index contributed by atoms with van der Waals surface area (Å²) < 4.78 is 0. The fourth-order valence-electron chi connectivity index (χ4n) is 4.20. The molecule has 1 aromatic rings. The largest absolute Gasteiger partial charge is 0.394 e. The van der Waals surface area contributed by atoms with Gasteiger partial charge in [-0.3, -0.25) is 4.90 Å². The van der Waals surface area contributed by atoms with Gasteiger partial charge < -0.3 is 4.84 Å². The molecular weight excluding hydrogens is 344 g/mol. The van der Waals surface area contributed by atoms with Crippen molar-refractivity contribution < 1.29 is 4.84 Å². The van der Waals surface area contributed by atoms with E-state index in [0.29, 0.717) is 24.6 Å². The molecule has 0 aromatic heterocycles. The maximum Gasteiger partial charge on any atom is 0.129 e. The molecule has 1 aliphatic rings. The van der Waals surface area contributed by atoms with E-state index < -0.39 is 0 Å². The third-order valence-electron chi connectivity index (χ3n) is 5.69. The van der Waals surface area contributed by atoms with Crippen LogP contribution in [0.25, 0.3) is 6.08 Å². The molecular formula is C25H40N2O. The maximum atomic E-state index is 5.89. The zero-order valence-corrected chi connectivity index (χ0v) is 18.7. The predicted octanol–water partition coefficient (Wildman–Crippen LogP) is 6.55. The van der Waals surface area contributed by atoms with Crippen molar-refractivity contribution in [2.24, 2.45) is 11.1 Å². The van der Waals surface area contributed by atoms with E-state index in [0.717, 1.165) is 13.0 Å². The number of oxime groups is 1. The highest BCUT2D eigenvalue weighted by Crippen LogP contribution is 2.31. The molecule has 2 rings (SSSR count). The number of benzene rings is 1. The van der Waals surface area contributed by atoms with Gasteiger partial charge in [0.1, 0.15) is 6.61 Å². The Balaban J connectivity index is 2.11. The summed E-state index contributed by atoms with van der Waals surface area (Å²) in [6.45, 7) is 12.8. The molecule has 1 aromatic carbocycles. The summed E-state index contributed by atoms with van der Waals surface area (Å²) in [5.41, 5.74) is 3.82. The minimum atomic E-state index is 0.525. The van der Waals surface area contributed by atoms with Gasteiger partial charge in [-0.15, -0.1) is 0 Å². The van der Waals surface area contributed by atoms with Crippen LogP contribution in [-0.4, -0.2) is 35.8 Å². The van der Waals surface area contributed by atoms with Crippen molar-refractivity contribution >= 4 is 11.8 Å². The quantitative estimate of drug-likeness (QED) is 0.337. The van der Waals surface area contributed by atoms with Crippen molar-refractivity contribution in [3.8, 4) is 0 Å². The van der Waals surface area contributed by atoms with Crippen LogP contribution in [0.5, 0.6) is 0 Å². The van der Waals surface area contributed by atoms with Gasteiger partial charge in [-0.05, 0) is 70.6 Å². The van der Waals surface area contributed by atoms with Crippen molar-refractivity contribution in [1.29, 1.82) is 0 Å². The number of unbranched alkanes of at least 4 members (excludes halogenated alkanes) is 1. The molecule has 0 heterocycles. The molecule has 3 nitrogen and oxygen atoms in total. The second kappa shape index (κ2) is 12.1. The summed E-state index contributed by atoms with van der Waals surface area (Å²) >= 11 is 0. The second-order valence-electron chi connectivity index (χ2n) is 8.55. The molecule has 0 aliphatic heterocycles. The van der Waals surface area contributed by atoms with Gasteiger partial charge in [-0.2, -0.15) is 0 Å². The summed E-state index contributed by atoms with van der Waals surface area (Å²) in [5, 5.41) is 4.71.